The first-order valence-electron chi connectivity index (χ1n) is 10.1. The molecule has 0 bridgehead atoms. The maximum absolute atomic E-state index is 5.77. The highest BCUT2D eigenvalue weighted by Crippen LogP contribution is 2.31. The van der Waals surface area contributed by atoms with Crippen molar-refractivity contribution < 1.29 is 9.47 Å². The SMILES string of the molecule is COCCOCc1cc(NC2CCNCC2)c2[nH]c(-c3ccccc3)cc2c1. The van der Waals surface area contributed by atoms with E-state index >= 15 is 0 Å². The fraction of sp³-hybridized carbons (Fsp3) is 0.391. The van der Waals surface area contributed by atoms with Crippen LogP contribution in [0.1, 0.15) is 18.4 Å². The fourth-order valence-corrected chi connectivity index (χ4v) is 3.80. The Morgan fingerprint density at radius 2 is 1.86 bits per heavy atom. The summed E-state index contributed by atoms with van der Waals surface area (Å²) in [4.78, 5) is 3.63. The second-order valence-corrected chi connectivity index (χ2v) is 7.37. The van der Waals surface area contributed by atoms with Crippen molar-refractivity contribution in [3.05, 3.63) is 54.1 Å². The molecule has 1 aliphatic heterocycles. The van der Waals surface area contributed by atoms with Crippen LogP contribution in [-0.4, -0.2) is 44.4 Å². The first kappa shape index (κ1) is 19.0. The number of anilines is 1. The van der Waals surface area contributed by atoms with Crippen LogP contribution in [0.4, 0.5) is 5.69 Å². The van der Waals surface area contributed by atoms with Gasteiger partial charge in [0.1, 0.15) is 0 Å². The summed E-state index contributed by atoms with van der Waals surface area (Å²) in [5.74, 6) is 0. The zero-order chi connectivity index (χ0) is 19.2. The molecule has 5 heteroatoms. The van der Waals surface area contributed by atoms with E-state index in [2.05, 4.69) is 58.1 Å². The molecule has 148 valence electrons. The highest BCUT2D eigenvalue weighted by atomic mass is 16.5. The standard InChI is InChI=1S/C23H29N3O2/c1-27-11-12-28-16-17-13-19-15-21(18-5-3-2-4-6-18)26-23(19)22(14-17)25-20-7-9-24-10-8-20/h2-6,13-15,20,24-26H,7-12,16H2,1H3. The van der Waals surface area contributed by atoms with Crippen molar-refractivity contribution in [2.75, 3.05) is 38.7 Å². The van der Waals surface area contributed by atoms with Crippen LogP contribution in [0.15, 0.2) is 48.5 Å². The van der Waals surface area contributed by atoms with Crippen LogP contribution < -0.4 is 10.6 Å². The molecule has 1 fully saturated rings. The Morgan fingerprint density at radius 1 is 1.04 bits per heavy atom. The maximum atomic E-state index is 5.77. The molecule has 2 aromatic carbocycles. The van der Waals surface area contributed by atoms with Crippen LogP contribution in [0.25, 0.3) is 22.2 Å². The van der Waals surface area contributed by atoms with Crippen LogP contribution in [0.5, 0.6) is 0 Å². The molecule has 28 heavy (non-hydrogen) atoms. The molecule has 0 atom stereocenters. The molecule has 1 aliphatic rings. The molecule has 1 saturated heterocycles. The van der Waals surface area contributed by atoms with Gasteiger partial charge in [0.15, 0.2) is 0 Å². The van der Waals surface area contributed by atoms with Gasteiger partial charge in [-0.25, -0.2) is 0 Å². The van der Waals surface area contributed by atoms with Crippen LogP contribution in [0.3, 0.4) is 0 Å². The molecular formula is C23H29N3O2. The molecule has 5 nitrogen and oxygen atoms in total. The molecule has 3 aromatic rings. The molecule has 3 N–H and O–H groups in total. The van der Waals surface area contributed by atoms with Gasteiger partial charge < -0.3 is 25.1 Å². The summed E-state index contributed by atoms with van der Waals surface area (Å²) < 4.78 is 10.9. The van der Waals surface area contributed by atoms with E-state index in [1.54, 1.807) is 7.11 Å². The lowest BCUT2D eigenvalue weighted by Gasteiger charge is -2.25. The minimum absolute atomic E-state index is 0.498. The molecule has 0 radical (unpaired) electrons. The van der Waals surface area contributed by atoms with Crippen molar-refractivity contribution in [1.82, 2.24) is 10.3 Å². The Hall–Kier alpha value is -2.34. The molecule has 0 spiro atoms. The quantitative estimate of drug-likeness (QED) is 0.514. The Balaban J connectivity index is 1.64. The van der Waals surface area contributed by atoms with Gasteiger partial charge in [-0.15, -0.1) is 0 Å². The first-order valence-corrected chi connectivity index (χ1v) is 10.1. The molecular weight excluding hydrogens is 350 g/mol. The minimum atomic E-state index is 0.498. The number of H-pyrrole nitrogens is 1. The average Bonchev–Trinajstić information content (AvgIpc) is 3.17. The van der Waals surface area contributed by atoms with Crippen LogP contribution in [0.2, 0.25) is 0 Å². The summed E-state index contributed by atoms with van der Waals surface area (Å²) in [6, 6.07) is 17.6. The summed E-state index contributed by atoms with van der Waals surface area (Å²) in [6.45, 7) is 3.95. The van der Waals surface area contributed by atoms with Crippen molar-refractivity contribution >= 4 is 16.6 Å². The monoisotopic (exact) mass is 379 g/mol. The van der Waals surface area contributed by atoms with Crippen LogP contribution in [-0.2, 0) is 16.1 Å². The van der Waals surface area contributed by atoms with Gasteiger partial charge in [-0.2, -0.15) is 0 Å². The van der Waals surface area contributed by atoms with E-state index in [1.165, 1.54) is 16.5 Å². The van der Waals surface area contributed by atoms with Gasteiger partial charge in [-0.05, 0) is 55.3 Å². The van der Waals surface area contributed by atoms with Crippen molar-refractivity contribution in [2.24, 2.45) is 0 Å². The van der Waals surface area contributed by atoms with E-state index in [4.69, 9.17) is 9.47 Å². The number of piperidine rings is 1. The van der Waals surface area contributed by atoms with E-state index in [0.717, 1.165) is 42.8 Å². The Morgan fingerprint density at radius 3 is 2.64 bits per heavy atom. The van der Waals surface area contributed by atoms with Crippen molar-refractivity contribution in [2.45, 2.75) is 25.5 Å². The van der Waals surface area contributed by atoms with E-state index < -0.39 is 0 Å². The molecule has 2 heterocycles. The van der Waals surface area contributed by atoms with Gasteiger partial charge in [0, 0.05) is 24.2 Å². The zero-order valence-electron chi connectivity index (χ0n) is 16.5. The molecule has 0 saturated carbocycles. The highest BCUT2D eigenvalue weighted by Gasteiger charge is 2.16. The second-order valence-electron chi connectivity index (χ2n) is 7.37. The number of ether oxygens (including phenoxy) is 2. The van der Waals surface area contributed by atoms with Crippen molar-refractivity contribution in [1.29, 1.82) is 0 Å². The lowest BCUT2D eigenvalue weighted by molar-refractivity contribution is 0.0617. The average molecular weight is 380 g/mol. The van der Waals surface area contributed by atoms with E-state index in [1.807, 2.05) is 6.07 Å². The van der Waals surface area contributed by atoms with Gasteiger partial charge in [-0.3, -0.25) is 0 Å². The number of aromatic nitrogens is 1. The predicted molar refractivity (Wildman–Crippen MR) is 115 cm³/mol. The minimum Gasteiger partial charge on any atom is -0.382 e. The molecule has 0 aliphatic carbocycles. The summed E-state index contributed by atoms with van der Waals surface area (Å²) in [5, 5.41) is 8.43. The number of hydrogen-bond acceptors (Lipinski definition) is 4. The number of aromatic amines is 1. The number of benzene rings is 2. The topological polar surface area (TPSA) is 58.3 Å². The number of rotatable bonds is 8. The van der Waals surface area contributed by atoms with Crippen molar-refractivity contribution in [3.8, 4) is 11.3 Å². The fourth-order valence-electron chi connectivity index (χ4n) is 3.80. The predicted octanol–water partition coefficient (Wildman–Crippen LogP) is 4.16. The lowest BCUT2D eigenvalue weighted by Crippen LogP contribution is -2.35. The number of hydrogen-bond donors (Lipinski definition) is 3. The molecule has 0 unspecified atom stereocenters. The van der Waals surface area contributed by atoms with Gasteiger partial charge in [-0.1, -0.05) is 30.3 Å². The molecule has 1 aromatic heterocycles. The number of fused-ring (bicyclic) bond motifs is 1. The maximum Gasteiger partial charge on any atom is 0.0719 e. The van der Waals surface area contributed by atoms with Gasteiger partial charge in [0.2, 0.25) is 0 Å². The Bertz CT molecular complexity index is 886. The highest BCUT2D eigenvalue weighted by molar-refractivity contribution is 5.95. The van der Waals surface area contributed by atoms with Gasteiger partial charge >= 0.3 is 0 Å². The van der Waals surface area contributed by atoms with Crippen molar-refractivity contribution in [3.63, 3.8) is 0 Å². The number of nitrogens with one attached hydrogen (secondary N) is 3. The van der Waals surface area contributed by atoms with Gasteiger partial charge in [0.25, 0.3) is 0 Å². The smallest absolute Gasteiger partial charge is 0.0719 e. The summed E-state index contributed by atoms with van der Waals surface area (Å²) in [7, 11) is 1.70. The zero-order valence-corrected chi connectivity index (χ0v) is 16.5. The first-order chi connectivity index (χ1) is 13.8. The van der Waals surface area contributed by atoms with Crippen LogP contribution >= 0.6 is 0 Å². The number of methoxy groups -OCH3 is 1. The third kappa shape index (κ3) is 4.55. The van der Waals surface area contributed by atoms with E-state index in [9.17, 15) is 0 Å². The second kappa shape index (κ2) is 9.24. The summed E-state index contributed by atoms with van der Waals surface area (Å²) in [6.07, 6.45) is 2.28. The van der Waals surface area contributed by atoms with Gasteiger partial charge in [0.05, 0.1) is 31.0 Å². The Kier molecular flexibility index (Phi) is 6.27. The third-order valence-corrected chi connectivity index (χ3v) is 5.27. The third-order valence-electron chi connectivity index (χ3n) is 5.27. The summed E-state index contributed by atoms with van der Waals surface area (Å²) in [5.41, 5.74) is 5.85. The normalized spacial score (nSPS) is 15.2. The summed E-state index contributed by atoms with van der Waals surface area (Å²) >= 11 is 0. The van der Waals surface area contributed by atoms with E-state index in [-0.39, 0.29) is 0 Å². The lowest BCUT2D eigenvalue weighted by atomic mass is 10.0. The molecule has 0 amide bonds. The van der Waals surface area contributed by atoms with E-state index in [0.29, 0.717) is 25.9 Å². The molecule has 4 rings (SSSR count). The Labute approximate surface area is 166 Å². The van der Waals surface area contributed by atoms with Crippen LogP contribution in [0, 0.1) is 0 Å². The largest absolute Gasteiger partial charge is 0.382 e.